The van der Waals surface area contributed by atoms with Gasteiger partial charge in [0, 0.05) is 5.56 Å². The van der Waals surface area contributed by atoms with Crippen LogP contribution in [0.25, 0.3) is 10.8 Å². The van der Waals surface area contributed by atoms with Crippen LogP contribution in [0.15, 0.2) is 67.3 Å². The number of hydrogen-bond acceptors (Lipinski definition) is 2. The predicted octanol–water partition coefficient (Wildman–Crippen LogP) is 10.0. The first-order valence-corrected chi connectivity index (χ1v) is 13.0. The summed E-state index contributed by atoms with van der Waals surface area (Å²) < 4.78 is 11.1. The van der Waals surface area contributed by atoms with E-state index in [0.717, 1.165) is 18.1 Å². The molecular weight excluding hydrogens is 435 g/mol. The monoisotopic (exact) mass is 480 g/mol. The molecule has 0 saturated heterocycles. The third-order valence-corrected chi connectivity index (χ3v) is 5.89. The molecule has 186 valence electrons. The van der Waals surface area contributed by atoms with Crippen molar-refractivity contribution in [2.24, 2.45) is 0 Å². The molecular formula is C31H45O2P. The molecule has 0 N–H and O–H groups in total. The van der Waals surface area contributed by atoms with Crippen molar-refractivity contribution >= 4 is 20.2 Å². The number of rotatable bonds is 8. The lowest BCUT2D eigenvalue weighted by molar-refractivity contribution is 0.335. The normalized spacial score (nSPS) is 11.1. The second-order valence-corrected chi connectivity index (χ2v) is 9.13. The maximum absolute atomic E-state index is 5.58. The van der Waals surface area contributed by atoms with Gasteiger partial charge < -0.3 is 9.26 Å². The first-order chi connectivity index (χ1) is 16.3. The molecule has 0 aliphatic rings. The highest BCUT2D eigenvalue weighted by molar-refractivity contribution is 7.10. The van der Waals surface area contributed by atoms with Crippen molar-refractivity contribution in [3.05, 3.63) is 83.9 Å². The largest absolute Gasteiger partial charge is 0.494 e. The molecule has 0 bridgehead atoms. The summed E-state index contributed by atoms with van der Waals surface area (Å²) in [5.41, 5.74) is 3.90. The maximum atomic E-state index is 5.58. The van der Waals surface area contributed by atoms with Crippen molar-refractivity contribution in [1.29, 1.82) is 0 Å². The summed E-state index contributed by atoms with van der Waals surface area (Å²) in [6.45, 7) is 19.0. The Hall–Kier alpha value is -2.31. The summed E-state index contributed by atoms with van der Waals surface area (Å²) in [5.74, 6) is 3.09. The van der Waals surface area contributed by atoms with E-state index in [1.54, 1.807) is 6.08 Å². The van der Waals surface area contributed by atoms with E-state index in [-0.39, 0.29) is 0 Å². The predicted molar refractivity (Wildman–Crippen MR) is 155 cm³/mol. The average Bonchev–Trinajstić information content (AvgIpc) is 2.82. The van der Waals surface area contributed by atoms with Gasteiger partial charge in [-0.25, -0.2) is 0 Å². The number of unbranched alkanes of at least 4 members (excludes halogenated alkanes) is 1. The molecule has 3 rings (SSSR count). The molecule has 2 unspecified atom stereocenters. The SMILES string of the molecule is C=CC.CCCCC(C)c1c(OP)ccc2ccccc12.CCOc1cc(C)ccc1C(C)C. The lowest BCUT2D eigenvalue weighted by atomic mass is 9.90. The van der Waals surface area contributed by atoms with Crippen LogP contribution in [-0.2, 0) is 0 Å². The number of allylic oxidation sites excluding steroid dienone is 1. The Labute approximate surface area is 211 Å². The summed E-state index contributed by atoms with van der Waals surface area (Å²) in [5, 5.41) is 2.61. The fourth-order valence-corrected chi connectivity index (χ4v) is 4.15. The van der Waals surface area contributed by atoms with Gasteiger partial charge in [0.25, 0.3) is 0 Å². The summed E-state index contributed by atoms with van der Waals surface area (Å²) in [6, 6.07) is 19.2. The van der Waals surface area contributed by atoms with Crippen molar-refractivity contribution in [3.63, 3.8) is 0 Å². The van der Waals surface area contributed by atoms with Gasteiger partial charge in [0.15, 0.2) is 0 Å². The minimum atomic E-state index is 0.530. The van der Waals surface area contributed by atoms with Gasteiger partial charge in [-0.05, 0) is 73.1 Å². The Kier molecular flexibility index (Phi) is 14.3. The Morgan fingerprint density at radius 2 is 1.65 bits per heavy atom. The molecule has 0 radical (unpaired) electrons. The zero-order valence-electron chi connectivity index (χ0n) is 22.4. The van der Waals surface area contributed by atoms with E-state index >= 15 is 0 Å². The minimum Gasteiger partial charge on any atom is -0.494 e. The van der Waals surface area contributed by atoms with E-state index in [9.17, 15) is 0 Å². The fraction of sp³-hybridized carbons (Fsp3) is 0.419. The molecule has 0 spiro atoms. The molecule has 2 atom stereocenters. The van der Waals surface area contributed by atoms with Crippen LogP contribution in [0.1, 0.15) is 89.3 Å². The second kappa shape index (κ2) is 16.3. The Morgan fingerprint density at radius 1 is 0.971 bits per heavy atom. The van der Waals surface area contributed by atoms with Crippen LogP contribution in [0.4, 0.5) is 0 Å². The Bertz CT molecular complexity index is 994. The van der Waals surface area contributed by atoms with Crippen molar-refractivity contribution in [3.8, 4) is 11.5 Å². The summed E-state index contributed by atoms with van der Waals surface area (Å²) >= 11 is 0. The number of fused-ring (bicyclic) bond motifs is 1. The third-order valence-electron chi connectivity index (χ3n) is 5.63. The van der Waals surface area contributed by atoms with Gasteiger partial charge in [0.1, 0.15) is 11.5 Å². The lowest BCUT2D eigenvalue weighted by Crippen LogP contribution is -1.98. The van der Waals surface area contributed by atoms with Crippen LogP contribution >= 0.6 is 9.47 Å². The van der Waals surface area contributed by atoms with Crippen LogP contribution < -0.4 is 9.26 Å². The van der Waals surface area contributed by atoms with Crippen molar-refractivity contribution in [2.75, 3.05) is 6.61 Å². The smallest absolute Gasteiger partial charge is 0.126 e. The van der Waals surface area contributed by atoms with Gasteiger partial charge in [0.2, 0.25) is 0 Å². The summed E-state index contributed by atoms with van der Waals surface area (Å²) in [4.78, 5) is 0. The summed E-state index contributed by atoms with van der Waals surface area (Å²) in [7, 11) is 2.37. The van der Waals surface area contributed by atoms with E-state index in [4.69, 9.17) is 9.26 Å². The standard InChI is InChI=1S/C16H21OP.C12H18O.C3H6/c1-3-4-7-12(2)16-14-9-6-5-8-13(14)10-11-15(16)17-18;1-5-13-12-8-10(4)6-7-11(12)9(2)3;1-3-2/h5-6,8-12H,3-4,7,18H2,1-2H3;6-9H,5H2,1-4H3;3H,1H2,2H3. The van der Waals surface area contributed by atoms with Gasteiger partial charge in [-0.15, -0.1) is 6.58 Å². The molecule has 2 nitrogen and oxygen atoms in total. The van der Waals surface area contributed by atoms with Crippen LogP contribution in [0, 0.1) is 6.92 Å². The van der Waals surface area contributed by atoms with Gasteiger partial charge in [-0.3, -0.25) is 0 Å². The van der Waals surface area contributed by atoms with Gasteiger partial charge in [-0.1, -0.05) is 89.1 Å². The average molecular weight is 481 g/mol. The molecule has 3 heteroatoms. The molecule has 3 aromatic rings. The van der Waals surface area contributed by atoms with Crippen LogP contribution in [-0.4, -0.2) is 6.61 Å². The topological polar surface area (TPSA) is 18.5 Å². The fourth-order valence-electron chi connectivity index (χ4n) is 3.94. The highest BCUT2D eigenvalue weighted by Crippen LogP contribution is 2.37. The van der Waals surface area contributed by atoms with Crippen molar-refractivity contribution in [2.45, 2.75) is 79.6 Å². The number of aryl methyl sites for hydroxylation is 1. The van der Waals surface area contributed by atoms with Gasteiger partial charge >= 0.3 is 0 Å². The number of hydrogen-bond donors (Lipinski definition) is 0. The highest BCUT2D eigenvalue weighted by atomic mass is 31.0. The van der Waals surface area contributed by atoms with Crippen molar-refractivity contribution in [1.82, 2.24) is 0 Å². The first kappa shape index (κ1) is 29.7. The quantitative estimate of drug-likeness (QED) is 0.236. The number of ether oxygens (including phenoxy) is 1. The third kappa shape index (κ3) is 9.15. The molecule has 0 saturated carbocycles. The molecule has 0 aliphatic carbocycles. The molecule has 0 amide bonds. The Balaban J connectivity index is 0.000000318. The highest BCUT2D eigenvalue weighted by Gasteiger charge is 2.14. The van der Waals surface area contributed by atoms with Gasteiger partial charge in [-0.2, -0.15) is 0 Å². The van der Waals surface area contributed by atoms with E-state index in [0.29, 0.717) is 11.8 Å². The first-order valence-electron chi connectivity index (χ1n) is 12.5. The lowest BCUT2D eigenvalue weighted by Gasteiger charge is -2.18. The molecule has 0 fully saturated rings. The van der Waals surface area contributed by atoms with E-state index < -0.39 is 0 Å². The number of benzene rings is 3. The van der Waals surface area contributed by atoms with Gasteiger partial charge in [0.05, 0.1) is 16.1 Å². The second-order valence-electron chi connectivity index (χ2n) is 8.90. The maximum Gasteiger partial charge on any atom is 0.126 e. The molecule has 3 aromatic carbocycles. The molecule has 0 heterocycles. The minimum absolute atomic E-state index is 0.530. The van der Waals surface area contributed by atoms with E-state index in [1.165, 1.54) is 46.7 Å². The zero-order chi connectivity index (χ0) is 25.5. The zero-order valence-corrected chi connectivity index (χ0v) is 23.5. The Morgan fingerprint density at radius 3 is 2.24 bits per heavy atom. The van der Waals surface area contributed by atoms with Crippen LogP contribution in [0.3, 0.4) is 0 Å². The molecule has 34 heavy (non-hydrogen) atoms. The molecule has 0 aliphatic heterocycles. The molecule has 0 aromatic heterocycles. The van der Waals surface area contributed by atoms with Crippen molar-refractivity contribution < 1.29 is 9.26 Å². The van der Waals surface area contributed by atoms with E-state index in [1.807, 2.05) is 13.8 Å². The van der Waals surface area contributed by atoms with E-state index in [2.05, 4.69) is 105 Å². The van der Waals surface area contributed by atoms with Crippen LogP contribution in [0.5, 0.6) is 11.5 Å². The summed E-state index contributed by atoms with van der Waals surface area (Å²) in [6.07, 6.45) is 5.47. The van der Waals surface area contributed by atoms with Crippen LogP contribution in [0.2, 0.25) is 0 Å².